The van der Waals surface area contributed by atoms with Crippen molar-refractivity contribution in [2.75, 3.05) is 12.8 Å². The minimum Gasteiger partial charge on any atom is -0.313 e. The second kappa shape index (κ2) is 6.63. The van der Waals surface area contributed by atoms with E-state index >= 15 is 0 Å². The van der Waals surface area contributed by atoms with E-state index < -0.39 is 0 Å². The predicted octanol–water partition coefficient (Wildman–Crippen LogP) is 3.88. The molecule has 0 aromatic heterocycles. The lowest BCUT2D eigenvalue weighted by atomic mass is 10.0. The van der Waals surface area contributed by atoms with Gasteiger partial charge in [0.05, 0.1) is 0 Å². The summed E-state index contributed by atoms with van der Waals surface area (Å²) in [6.45, 7) is 3.47. The summed E-state index contributed by atoms with van der Waals surface area (Å²) in [6, 6.07) is 11.3. The zero-order valence-electron chi connectivity index (χ0n) is 11.6. The summed E-state index contributed by atoms with van der Waals surface area (Å²) < 4.78 is 0.519. The van der Waals surface area contributed by atoms with Gasteiger partial charge in [-0.3, -0.25) is 0 Å². The van der Waals surface area contributed by atoms with Gasteiger partial charge in [0.25, 0.3) is 0 Å². The molecule has 1 aliphatic rings. The van der Waals surface area contributed by atoms with Crippen LogP contribution < -0.4 is 5.32 Å². The third-order valence-corrected chi connectivity index (χ3v) is 5.52. The average Bonchev–Trinajstić information content (AvgIpc) is 2.87. The quantitative estimate of drug-likeness (QED) is 0.836. The van der Waals surface area contributed by atoms with Crippen molar-refractivity contribution < 1.29 is 0 Å². The topological polar surface area (TPSA) is 12.0 Å². The second-order valence-electron chi connectivity index (χ2n) is 5.57. The Labute approximate surface area is 116 Å². The fourth-order valence-electron chi connectivity index (χ4n) is 2.87. The number of nitrogens with one attached hydrogen (secondary N) is 1. The van der Waals surface area contributed by atoms with E-state index in [-0.39, 0.29) is 0 Å². The van der Waals surface area contributed by atoms with Crippen molar-refractivity contribution in [3.63, 3.8) is 0 Å². The Morgan fingerprint density at radius 1 is 1.22 bits per heavy atom. The van der Waals surface area contributed by atoms with Crippen LogP contribution in [0, 0.1) is 0 Å². The van der Waals surface area contributed by atoms with Crippen LogP contribution in [0.15, 0.2) is 30.3 Å². The maximum Gasteiger partial charge on any atom is 0.0281 e. The van der Waals surface area contributed by atoms with Crippen LogP contribution in [0.3, 0.4) is 0 Å². The molecule has 1 nitrogen and oxygen atoms in total. The van der Waals surface area contributed by atoms with Crippen molar-refractivity contribution >= 4 is 11.8 Å². The first-order chi connectivity index (χ1) is 8.74. The van der Waals surface area contributed by atoms with Gasteiger partial charge in [0.15, 0.2) is 0 Å². The fraction of sp³-hybridized carbons (Fsp3) is 0.625. The Balaban J connectivity index is 1.79. The van der Waals surface area contributed by atoms with Gasteiger partial charge in [0.1, 0.15) is 0 Å². The van der Waals surface area contributed by atoms with Gasteiger partial charge >= 0.3 is 0 Å². The molecular formula is C16H25NS. The van der Waals surface area contributed by atoms with E-state index in [2.05, 4.69) is 60.6 Å². The van der Waals surface area contributed by atoms with Gasteiger partial charge in [-0.2, -0.15) is 11.8 Å². The first-order valence-electron chi connectivity index (χ1n) is 7.07. The molecule has 1 saturated carbocycles. The zero-order valence-corrected chi connectivity index (χ0v) is 12.4. The first kappa shape index (κ1) is 14.0. The molecule has 1 aliphatic carbocycles. The average molecular weight is 263 g/mol. The van der Waals surface area contributed by atoms with E-state index in [9.17, 15) is 0 Å². The van der Waals surface area contributed by atoms with Gasteiger partial charge in [0.2, 0.25) is 0 Å². The third-order valence-electron chi connectivity index (χ3n) is 4.11. The normalized spacial score (nSPS) is 19.9. The molecule has 0 spiro atoms. The molecule has 2 heteroatoms. The van der Waals surface area contributed by atoms with Crippen molar-refractivity contribution in [2.24, 2.45) is 0 Å². The Morgan fingerprint density at radius 3 is 2.50 bits per heavy atom. The number of rotatable bonds is 6. The molecule has 1 atom stereocenters. The van der Waals surface area contributed by atoms with Crippen LogP contribution in [0.5, 0.6) is 0 Å². The molecule has 0 aliphatic heterocycles. The standard InChI is InChI=1S/C16H25NS/c1-14(12-15-8-4-3-5-9-15)17-13-16(18-2)10-6-7-11-16/h3-5,8-9,14,17H,6-7,10-13H2,1-2H3. The molecule has 1 aromatic carbocycles. The Kier molecular flexibility index (Phi) is 5.13. The molecule has 0 amide bonds. The van der Waals surface area contributed by atoms with Crippen LogP contribution in [-0.2, 0) is 6.42 Å². The smallest absolute Gasteiger partial charge is 0.0281 e. The Bertz CT molecular complexity index is 343. The highest BCUT2D eigenvalue weighted by atomic mass is 32.2. The first-order valence-corrected chi connectivity index (χ1v) is 8.29. The molecule has 2 rings (SSSR count). The third kappa shape index (κ3) is 3.76. The van der Waals surface area contributed by atoms with Crippen molar-refractivity contribution in [1.82, 2.24) is 5.32 Å². The summed E-state index contributed by atoms with van der Waals surface area (Å²) in [5, 5.41) is 3.74. The molecule has 0 bridgehead atoms. The van der Waals surface area contributed by atoms with Crippen LogP contribution >= 0.6 is 11.8 Å². The predicted molar refractivity (Wildman–Crippen MR) is 82.3 cm³/mol. The van der Waals surface area contributed by atoms with Gasteiger partial charge in [0, 0.05) is 17.3 Å². The lowest BCUT2D eigenvalue weighted by Gasteiger charge is -2.29. The SMILES string of the molecule is CSC1(CNC(C)Cc2ccccc2)CCCC1. The summed E-state index contributed by atoms with van der Waals surface area (Å²) in [5.41, 5.74) is 1.43. The van der Waals surface area contributed by atoms with Crippen LogP contribution in [0.25, 0.3) is 0 Å². The Morgan fingerprint density at radius 2 is 1.89 bits per heavy atom. The maximum atomic E-state index is 3.74. The van der Waals surface area contributed by atoms with Crippen molar-refractivity contribution in [3.8, 4) is 0 Å². The number of thioether (sulfide) groups is 1. The van der Waals surface area contributed by atoms with Crippen molar-refractivity contribution in [3.05, 3.63) is 35.9 Å². The van der Waals surface area contributed by atoms with Gasteiger partial charge in [-0.05, 0) is 38.0 Å². The highest BCUT2D eigenvalue weighted by Gasteiger charge is 2.32. The second-order valence-corrected chi connectivity index (χ2v) is 6.84. The molecule has 1 aromatic rings. The van der Waals surface area contributed by atoms with Crippen LogP contribution in [0.4, 0.5) is 0 Å². The highest BCUT2D eigenvalue weighted by molar-refractivity contribution is 8.00. The number of hydrogen-bond acceptors (Lipinski definition) is 2. The zero-order chi connectivity index (χ0) is 12.8. The largest absolute Gasteiger partial charge is 0.313 e. The minimum atomic E-state index is 0.519. The lowest BCUT2D eigenvalue weighted by molar-refractivity contribution is 0.474. The van der Waals surface area contributed by atoms with E-state index in [4.69, 9.17) is 0 Å². The molecule has 1 N–H and O–H groups in total. The summed E-state index contributed by atoms with van der Waals surface area (Å²) in [4.78, 5) is 0. The molecule has 1 unspecified atom stereocenters. The number of hydrogen-bond donors (Lipinski definition) is 1. The van der Waals surface area contributed by atoms with Gasteiger partial charge < -0.3 is 5.32 Å². The Hall–Kier alpha value is -0.470. The molecule has 18 heavy (non-hydrogen) atoms. The van der Waals surface area contributed by atoms with Crippen molar-refractivity contribution in [1.29, 1.82) is 0 Å². The molecule has 100 valence electrons. The molecule has 1 fully saturated rings. The monoisotopic (exact) mass is 263 g/mol. The van der Waals surface area contributed by atoms with Gasteiger partial charge in [-0.1, -0.05) is 43.2 Å². The lowest BCUT2D eigenvalue weighted by Crippen LogP contribution is -2.40. The fourth-order valence-corrected chi connectivity index (χ4v) is 3.80. The summed E-state index contributed by atoms with van der Waals surface area (Å²) >= 11 is 2.07. The molecule has 0 radical (unpaired) electrons. The highest BCUT2D eigenvalue weighted by Crippen LogP contribution is 2.39. The molecular weight excluding hydrogens is 238 g/mol. The van der Waals surface area contributed by atoms with E-state index in [1.54, 1.807) is 0 Å². The summed E-state index contributed by atoms with van der Waals surface area (Å²) in [5.74, 6) is 0. The minimum absolute atomic E-state index is 0.519. The van der Waals surface area contributed by atoms with Crippen LogP contribution in [0.2, 0.25) is 0 Å². The maximum absolute atomic E-state index is 3.74. The van der Waals surface area contributed by atoms with E-state index in [0.717, 1.165) is 6.42 Å². The van der Waals surface area contributed by atoms with Crippen LogP contribution in [-0.4, -0.2) is 23.6 Å². The van der Waals surface area contributed by atoms with Crippen LogP contribution in [0.1, 0.15) is 38.2 Å². The summed E-state index contributed by atoms with van der Waals surface area (Å²) in [6.07, 6.45) is 9.00. The van der Waals surface area contributed by atoms with Gasteiger partial charge in [-0.25, -0.2) is 0 Å². The van der Waals surface area contributed by atoms with Crippen molar-refractivity contribution in [2.45, 2.75) is 49.8 Å². The van der Waals surface area contributed by atoms with E-state index in [0.29, 0.717) is 10.8 Å². The van der Waals surface area contributed by atoms with E-state index in [1.807, 2.05) is 0 Å². The molecule has 0 heterocycles. The summed E-state index contributed by atoms with van der Waals surface area (Å²) in [7, 11) is 0. The molecule has 0 saturated heterocycles. The number of benzene rings is 1. The van der Waals surface area contributed by atoms with Gasteiger partial charge in [-0.15, -0.1) is 0 Å². The van der Waals surface area contributed by atoms with E-state index in [1.165, 1.54) is 37.8 Å².